The molecule has 0 spiro atoms. The Kier molecular flexibility index (Phi) is 7.97. The second kappa shape index (κ2) is 11.1. The number of aromatic nitrogens is 4. The number of amides is 2. The first-order chi connectivity index (χ1) is 15.9. The molecule has 0 aliphatic carbocycles. The maximum Gasteiger partial charge on any atom is 0.328 e. The topological polar surface area (TPSA) is 166 Å². The first kappa shape index (κ1) is 23.7. The van der Waals surface area contributed by atoms with Crippen LogP contribution in [-0.4, -0.2) is 58.7 Å². The Morgan fingerprint density at radius 2 is 1.79 bits per heavy atom. The minimum Gasteiger partial charge on any atom is -0.461 e. The SMILES string of the molecule is CNC(=O)CCC(=O)NCc1ccc(Cn2c(=O)[nH]c3c(N)nc(OCCOC)nc32)cc1. The highest BCUT2D eigenvalue weighted by Crippen LogP contribution is 2.18. The summed E-state index contributed by atoms with van der Waals surface area (Å²) in [5, 5.41) is 5.26. The Hall–Kier alpha value is -3.93. The fourth-order valence-corrected chi connectivity index (χ4v) is 3.04. The largest absolute Gasteiger partial charge is 0.461 e. The first-order valence-corrected chi connectivity index (χ1v) is 10.3. The van der Waals surface area contributed by atoms with Crippen molar-refractivity contribution in [3.8, 4) is 6.01 Å². The van der Waals surface area contributed by atoms with Crippen molar-refractivity contribution in [2.45, 2.75) is 25.9 Å². The Balaban J connectivity index is 1.67. The molecule has 0 bridgehead atoms. The number of benzene rings is 1. The number of fused-ring (bicyclic) bond motifs is 1. The van der Waals surface area contributed by atoms with Crippen LogP contribution in [0.5, 0.6) is 6.01 Å². The molecular weight excluding hydrogens is 430 g/mol. The number of carbonyl (C=O) groups excluding carboxylic acids is 2. The fraction of sp³-hybridized carbons (Fsp3) is 0.381. The molecule has 2 heterocycles. The highest BCUT2D eigenvalue weighted by molar-refractivity contribution is 5.83. The van der Waals surface area contributed by atoms with E-state index in [1.54, 1.807) is 7.11 Å². The second-order valence-electron chi connectivity index (χ2n) is 7.21. The van der Waals surface area contributed by atoms with Gasteiger partial charge in [-0.1, -0.05) is 24.3 Å². The van der Waals surface area contributed by atoms with Gasteiger partial charge in [-0.15, -0.1) is 0 Å². The van der Waals surface area contributed by atoms with E-state index in [1.807, 2.05) is 24.3 Å². The maximum atomic E-state index is 12.5. The Morgan fingerprint density at radius 3 is 2.48 bits per heavy atom. The molecule has 12 nitrogen and oxygen atoms in total. The van der Waals surface area contributed by atoms with Gasteiger partial charge in [-0.2, -0.15) is 9.97 Å². The minimum atomic E-state index is -0.368. The molecule has 12 heteroatoms. The highest BCUT2D eigenvalue weighted by atomic mass is 16.5. The number of ether oxygens (including phenoxy) is 2. The highest BCUT2D eigenvalue weighted by Gasteiger charge is 2.15. The molecule has 0 saturated heterocycles. The zero-order chi connectivity index (χ0) is 23.8. The zero-order valence-corrected chi connectivity index (χ0v) is 18.5. The molecule has 0 atom stereocenters. The van der Waals surface area contributed by atoms with Crippen molar-refractivity contribution in [3.05, 3.63) is 45.9 Å². The molecule has 0 fully saturated rings. The molecular formula is C21H27N7O5. The number of nitrogens with two attached hydrogens (primary N) is 1. The number of nitrogens with zero attached hydrogens (tertiary/aromatic N) is 3. The average Bonchev–Trinajstić information content (AvgIpc) is 3.12. The number of nitrogen functional groups attached to an aromatic ring is 1. The van der Waals surface area contributed by atoms with Crippen LogP contribution in [0.25, 0.3) is 11.2 Å². The van der Waals surface area contributed by atoms with Gasteiger partial charge in [0.1, 0.15) is 12.1 Å². The molecule has 5 N–H and O–H groups in total. The van der Waals surface area contributed by atoms with Crippen LogP contribution in [-0.2, 0) is 27.4 Å². The third-order valence-corrected chi connectivity index (χ3v) is 4.86. The number of rotatable bonds is 11. The van der Waals surface area contributed by atoms with Crippen molar-refractivity contribution in [2.24, 2.45) is 0 Å². The molecule has 176 valence electrons. The summed E-state index contributed by atoms with van der Waals surface area (Å²) in [6.07, 6.45) is 0.275. The molecule has 0 unspecified atom stereocenters. The van der Waals surface area contributed by atoms with E-state index < -0.39 is 0 Å². The normalized spacial score (nSPS) is 10.8. The molecule has 2 aromatic heterocycles. The number of anilines is 1. The van der Waals surface area contributed by atoms with Gasteiger partial charge in [0, 0.05) is 33.5 Å². The monoisotopic (exact) mass is 457 g/mol. The van der Waals surface area contributed by atoms with Gasteiger partial charge in [0.25, 0.3) is 0 Å². The first-order valence-electron chi connectivity index (χ1n) is 10.3. The van der Waals surface area contributed by atoms with Gasteiger partial charge in [0.2, 0.25) is 11.8 Å². The van der Waals surface area contributed by atoms with E-state index in [2.05, 4.69) is 25.6 Å². The van der Waals surface area contributed by atoms with Crippen molar-refractivity contribution in [2.75, 3.05) is 33.1 Å². The van der Waals surface area contributed by atoms with Crippen LogP contribution in [0.1, 0.15) is 24.0 Å². The van der Waals surface area contributed by atoms with E-state index in [1.165, 1.54) is 11.6 Å². The van der Waals surface area contributed by atoms with Crippen LogP contribution < -0.4 is 26.8 Å². The summed E-state index contributed by atoms with van der Waals surface area (Å²) in [4.78, 5) is 46.6. The summed E-state index contributed by atoms with van der Waals surface area (Å²) < 4.78 is 11.8. The number of hydrogen-bond acceptors (Lipinski definition) is 8. The van der Waals surface area contributed by atoms with Gasteiger partial charge in [-0.3, -0.25) is 14.2 Å². The van der Waals surface area contributed by atoms with Crippen LogP contribution >= 0.6 is 0 Å². The summed E-state index contributed by atoms with van der Waals surface area (Å²) in [6, 6.07) is 7.50. The van der Waals surface area contributed by atoms with E-state index in [0.29, 0.717) is 24.3 Å². The molecule has 0 radical (unpaired) electrons. The van der Waals surface area contributed by atoms with Crippen LogP contribution in [0.3, 0.4) is 0 Å². The van der Waals surface area contributed by atoms with Crippen LogP contribution in [0.2, 0.25) is 0 Å². The summed E-state index contributed by atoms with van der Waals surface area (Å²) in [7, 11) is 3.09. The summed E-state index contributed by atoms with van der Waals surface area (Å²) in [5.41, 5.74) is 8.01. The van der Waals surface area contributed by atoms with Crippen molar-refractivity contribution < 1.29 is 19.1 Å². The van der Waals surface area contributed by atoms with Crippen LogP contribution in [0, 0.1) is 0 Å². The molecule has 3 rings (SSSR count). The average molecular weight is 457 g/mol. The Bertz CT molecular complexity index is 1170. The molecule has 0 aliphatic heterocycles. The number of aromatic amines is 1. The lowest BCUT2D eigenvalue weighted by molar-refractivity contribution is -0.126. The zero-order valence-electron chi connectivity index (χ0n) is 18.5. The molecule has 3 aromatic rings. The quantitative estimate of drug-likeness (QED) is 0.290. The molecule has 0 aliphatic rings. The number of H-pyrrole nitrogens is 1. The predicted octanol–water partition coefficient (Wildman–Crippen LogP) is -0.0823. The van der Waals surface area contributed by atoms with E-state index in [0.717, 1.165) is 11.1 Å². The molecule has 0 saturated carbocycles. The summed E-state index contributed by atoms with van der Waals surface area (Å²) in [5.74, 6) is -0.262. The lowest BCUT2D eigenvalue weighted by Gasteiger charge is -2.08. The van der Waals surface area contributed by atoms with Gasteiger partial charge in [-0.05, 0) is 11.1 Å². The molecule has 2 amide bonds. The number of methoxy groups -OCH3 is 1. The molecule has 33 heavy (non-hydrogen) atoms. The second-order valence-corrected chi connectivity index (χ2v) is 7.21. The summed E-state index contributed by atoms with van der Waals surface area (Å²) >= 11 is 0. The number of imidazole rings is 1. The van der Waals surface area contributed by atoms with Crippen molar-refractivity contribution in [1.82, 2.24) is 30.2 Å². The van der Waals surface area contributed by atoms with Crippen molar-refractivity contribution in [3.63, 3.8) is 0 Å². The Labute approximate surface area is 189 Å². The van der Waals surface area contributed by atoms with Crippen molar-refractivity contribution >= 4 is 28.8 Å². The van der Waals surface area contributed by atoms with Gasteiger partial charge in [-0.25, -0.2) is 4.79 Å². The van der Waals surface area contributed by atoms with Gasteiger partial charge in [0.05, 0.1) is 13.2 Å². The van der Waals surface area contributed by atoms with Crippen LogP contribution in [0.4, 0.5) is 5.82 Å². The van der Waals surface area contributed by atoms with Gasteiger partial charge in [0.15, 0.2) is 11.5 Å². The number of nitrogens with one attached hydrogen (secondary N) is 3. The summed E-state index contributed by atoms with van der Waals surface area (Å²) in [6.45, 7) is 1.21. The lowest BCUT2D eigenvalue weighted by atomic mass is 10.1. The third kappa shape index (κ3) is 6.29. The number of hydrogen-bond donors (Lipinski definition) is 4. The smallest absolute Gasteiger partial charge is 0.328 e. The van der Waals surface area contributed by atoms with E-state index in [-0.39, 0.29) is 55.3 Å². The number of carbonyl (C=O) groups is 2. The standard InChI is InChI=1S/C21H27N7O5/c1-23-15(29)7-8-16(30)24-11-13-3-5-14(6-4-13)12-28-19-17(25-21(28)31)18(22)26-20(27-19)33-10-9-32-2/h3-6H,7-12H2,1-2H3,(H,23,29)(H,24,30)(H,25,31)(H2,22,26,27). The lowest BCUT2D eigenvalue weighted by Crippen LogP contribution is -2.25. The predicted molar refractivity (Wildman–Crippen MR) is 121 cm³/mol. The van der Waals surface area contributed by atoms with Crippen molar-refractivity contribution in [1.29, 1.82) is 0 Å². The van der Waals surface area contributed by atoms with E-state index >= 15 is 0 Å². The van der Waals surface area contributed by atoms with Gasteiger partial charge < -0.3 is 30.8 Å². The van der Waals surface area contributed by atoms with E-state index in [9.17, 15) is 14.4 Å². The van der Waals surface area contributed by atoms with Gasteiger partial charge >= 0.3 is 11.7 Å². The molecule has 1 aromatic carbocycles. The van der Waals surface area contributed by atoms with Crippen LogP contribution in [0.15, 0.2) is 29.1 Å². The minimum absolute atomic E-state index is 0.0623. The fourth-order valence-electron chi connectivity index (χ4n) is 3.04. The third-order valence-electron chi connectivity index (χ3n) is 4.86. The van der Waals surface area contributed by atoms with E-state index in [4.69, 9.17) is 15.2 Å². The Morgan fingerprint density at radius 1 is 1.09 bits per heavy atom. The maximum absolute atomic E-state index is 12.5.